The van der Waals surface area contributed by atoms with Gasteiger partial charge in [-0.05, 0) is 77.0 Å². The van der Waals surface area contributed by atoms with Crippen molar-refractivity contribution in [1.29, 1.82) is 0 Å². The predicted molar refractivity (Wildman–Crippen MR) is 126 cm³/mol. The summed E-state index contributed by atoms with van der Waals surface area (Å²) in [7, 11) is 0. The molecule has 4 nitrogen and oxygen atoms in total. The number of allylic oxidation sites excluding steroid dienone is 1. The summed E-state index contributed by atoms with van der Waals surface area (Å²) in [5.41, 5.74) is -1.01. The molecule has 2 aromatic rings. The SMILES string of the molecule is Cc1cc(C(C=Cc2ccc(C(=O)NC3(C(=O)NCC(F)(F)F)CC3)c(Br)c2)C(F)(F)F)cc(C)c1F. The molecule has 2 amide bonds. The third-order valence-corrected chi connectivity index (χ3v) is 6.53. The molecule has 0 saturated heterocycles. The Morgan fingerprint density at radius 3 is 2.14 bits per heavy atom. The van der Waals surface area contributed by atoms with E-state index < -0.39 is 48.0 Å². The van der Waals surface area contributed by atoms with E-state index in [4.69, 9.17) is 0 Å². The maximum Gasteiger partial charge on any atom is 0.405 e. The van der Waals surface area contributed by atoms with E-state index in [0.717, 1.165) is 18.2 Å². The first kappa shape index (κ1) is 28.7. The molecule has 1 unspecified atom stereocenters. The van der Waals surface area contributed by atoms with Gasteiger partial charge in [0.2, 0.25) is 5.91 Å². The van der Waals surface area contributed by atoms with E-state index in [0.29, 0.717) is 5.56 Å². The summed E-state index contributed by atoms with van der Waals surface area (Å²) in [5.74, 6) is -4.25. The van der Waals surface area contributed by atoms with Crippen LogP contribution in [0.5, 0.6) is 0 Å². The summed E-state index contributed by atoms with van der Waals surface area (Å²) in [5, 5.41) is 4.20. The van der Waals surface area contributed by atoms with Gasteiger partial charge in [-0.15, -0.1) is 0 Å². The number of nitrogens with one attached hydrogen (secondary N) is 2. The van der Waals surface area contributed by atoms with Gasteiger partial charge in [0.05, 0.1) is 11.5 Å². The monoisotopic (exact) mass is 594 g/mol. The second kappa shape index (κ2) is 10.5. The molecule has 0 bridgehead atoms. The smallest absolute Gasteiger partial charge is 0.345 e. The van der Waals surface area contributed by atoms with Gasteiger partial charge in [-0.2, -0.15) is 26.3 Å². The maximum atomic E-state index is 13.9. The average Bonchev–Trinajstić information content (AvgIpc) is 3.55. The Labute approximate surface area is 216 Å². The maximum absolute atomic E-state index is 13.9. The number of aryl methyl sites for hydroxylation is 2. The molecule has 1 atom stereocenters. The lowest BCUT2D eigenvalue weighted by Gasteiger charge is -2.19. The molecule has 0 spiro atoms. The van der Waals surface area contributed by atoms with Gasteiger partial charge in [-0.25, -0.2) is 4.39 Å². The average molecular weight is 595 g/mol. The number of amides is 2. The number of benzene rings is 2. The van der Waals surface area contributed by atoms with Crippen molar-refractivity contribution >= 4 is 33.8 Å². The fourth-order valence-electron chi connectivity index (χ4n) is 3.76. The fourth-order valence-corrected chi connectivity index (χ4v) is 4.34. The summed E-state index contributed by atoms with van der Waals surface area (Å²) in [6.07, 6.45) is -6.76. The highest BCUT2D eigenvalue weighted by atomic mass is 79.9. The van der Waals surface area contributed by atoms with Crippen molar-refractivity contribution in [2.24, 2.45) is 0 Å². The van der Waals surface area contributed by atoms with Crippen LogP contribution in [0.4, 0.5) is 30.7 Å². The Bertz CT molecular complexity index is 1210. The van der Waals surface area contributed by atoms with Crippen LogP contribution < -0.4 is 10.6 Å². The number of halogens is 8. The minimum atomic E-state index is -4.64. The lowest BCUT2D eigenvalue weighted by atomic mass is 9.93. The summed E-state index contributed by atoms with van der Waals surface area (Å²) < 4.78 is 92.5. The summed E-state index contributed by atoms with van der Waals surface area (Å²) in [6, 6.07) is 6.38. The number of alkyl halides is 6. The first-order valence-corrected chi connectivity index (χ1v) is 11.8. The van der Waals surface area contributed by atoms with Crippen LogP contribution in [-0.4, -0.2) is 36.3 Å². The molecule has 0 aliphatic heterocycles. The van der Waals surface area contributed by atoms with Gasteiger partial charge >= 0.3 is 12.4 Å². The molecule has 0 aromatic heterocycles. The third-order valence-electron chi connectivity index (χ3n) is 5.88. The van der Waals surface area contributed by atoms with Gasteiger partial charge in [0.25, 0.3) is 5.91 Å². The second-order valence-electron chi connectivity index (χ2n) is 8.92. The van der Waals surface area contributed by atoms with Crippen LogP contribution in [0.15, 0.2) is 40.9 Å². The van der Waals surface area contributed by atoms with E-state index in [9.17, 15) is 40.3 Å². The zero-order valence-electron chi connectivity index (χ0n) is 19.6. The van der Waals surface area contributed by atoms with Gasteiger partial charge < -0.3 is 10.6 Å². The van der Waals surface area contributed by atoms with Gasteiger partial charge in [0, 0.05) is 4.47 Å². The number of carbonyl (C=O) groups is 2. The van der Waals surface area contributed by atoms with Crippen molar-refractivity contribution in [3.63, 3.8) is 0 Å². The summed E-state index contributed by atoms with van der Waals surface area (Å²) >= 11 is 3.18. The van der Waals surface area contributed by atoms with Crippen LogP contribution in [0.1, 0.15) is 51.4 Å². The molecule has 12 heteroatoms. The van der Waals surface area contributed by atoms with Crippen LogP contribution in [0.3, 0.4) is 0 Å². The highest BCUT2D eigenvalue weighted by Gasteiger charge is 2.52. The first-order valence-electron chi connectivity index (χ1n) is 11.0. The minimum Gasteiger partial charge on any atom is -0.345 e. The molecular weight excluding hydrogens is 573 g/mol. The van der Waals surface area contributed by atoms with Crippen molar-refractivity contribution < 1.29 is 40.3 Å². The van der Waals surface area contributed by atoms with Crippen molar-refractivity contribution in [3.8, 4) is 0 Å². The Morgan fingerprint density at radius 2 is 1.65 bits per heavy atom. The Hall–Kier alpha value is -2.89. The quantitative estimate of drug-likeness (QED) is 0.359. The number of hydrogen-bond donors (Lipinski definition) is 2. The van der Waals surface area contributed by atoms with Crippen molar-refractivity contribution in [2.45, 2.75) is 50.5 Å². The van der Waals surface area contributed by atoms with E-state index in [1.165, 1.54) is 38.1 Å². The molecule has 2 aromatic carbocycles. The lowest BCUT2D eigenvalue weighted by Crippen LogP contribution is -2.50. The second-order valence-corrected chi connectivity index (χ2v) is 9.77. The molecule has 37 heavy (non-hydrogen) atoms. The van der Waals surface area contributed by atoms with E-state index in [1.54, 1.807) is 5.32 Å². The fraction of sp³-hybridized carbons (Fsp3) is 0.360. The molecule has 0 heterocycles. The number of carbonyl (C=O) groups excluding carboxylic acids is 2. The highest BCUT2D eigenvalue weighted by molar-refractivity contribution is 9.10. The molecule has 1 saturated carbocycles. The predicted octanol–water partition coefficient (Wildman–Crippen LogP) is 6.51. The van der Waals surface area contributed by atoms with E-state index >= 15 is 0 Å². The minimum absolute atomic E-state index is 0.0456. The summed E-state index contributed by atoms with van der Waals surface area (Å²) in [6.45, 7) is 1.25. The molecule has 3 rings (SSSR count). The molecular formula is C25H22BrF7N2O2. The standard InChI is InChI=1S/C25H22BrF7N2O2/c1-13-9-16(10-14(2)20(13)27)18(25(31,32)33)6-4-15-3-5-17(19(26)11-15)21(36)35-23(7-8-23)22(37)34-12-24(28,29)30/h3-6,9-11,18H,7-8,12H2,1-2H3,(H,34,37)(H,35,36). The van der Waals surface area contributed by atoms with Gasteiger partial charge in [-0.1, -0.05) is 30.4 Å². The first-order chi connectivity index (χ1) is 17.0. The van der Waals surface area contributed by atoms with Crippen LogP contribution in [0, 0.1) is 19.7 Å². The molecule has 1 aliphatic rings. The lowest BCUT2D eigenvalue weighted by molar-refractivity contribution is -0.140. The topological polar surface area (TPSA) is 58.2 Å². The molecule has 2 N–H and O–H groups in total. The highest BCUT2D eigenvalue weighted by Crippen LogP contribution is 2.38. The van der Waals surface area contributed by atoms with Crippen molar-refractivity contribution in [2.75, 3.05) is 6.54 Å². The van der Waals surface area contributed by atoms with Crippen LogP contribution >= 0.6 is 15.9 Å². The molecule has 0 radical (unpaired) electrons. The number of hydrogen-bond acceptors (Lipinski definition) is 2. The Balaban J connectivity index is 1.76. The Kier molecular flexibility index (Phi) is 8.11. The van der Waals surface area contributed by atoms with E-state index in [2.05, 4.69) is 21.2 Å². The van der Waals surface area contributed by atoms with Crippen LogP contribution in [0.2, 0.25) is 0 Å². The zero-order chi connectivity index (χ0) is 27.8. The third kappa shape index (κ3) is 7.12. The van der Waals surface area contributed by atoms with E-state index in [-0.39, 0.29) is 39.6 Å². The van der Waals surface area contributed by atoms with Crippen LogP contribution in [-0.2, 0) is 4.79 Å². The summed E-state index contributed by atoms with van der Waals surface area (Å²) in [4.78, 5) is 24.8. The van der Waals surface area contributed by atoms with Crippen molar-refractivity contribution in [1.82, 2.24) is 10.6 Å². The Morgan fingerprint density at radius 1 is 1.05 bits per heavy atom. The van der Waals surface area contributed by atoms with Gasteiger partial charge in [-0.3, -0.25) is 9.59 Å². The molecule has 200 valence electrons. The molecule has 1 aliphatic carbocycles. The van der Waals surface area contributed by atoms with Crippen molar-refractivity contribution in [3.05, 3.63) is 74.5 Å². The normalized spacial score (nSPS) is 15.9. The van der Waals surface area contributed by atoms with Crippen LogP contribution in [0.25, 0.3) is 6.08 Å². The molecule has 1 fully saturated rings. The number of rotatable bonds is 7. The van der Waals surface area contributed by atoms with Gasteiger partial charge in [0.15, 0.2) is 0 Å². The van der Waals surface area contributed by atoms with Gasteiger partial charge in [0.1, 0.15) is 17.9 Å². The van der Waals surface area contributed by atoms with E-state index in [1.807, 2.05) is 0 Å². The zero-order valence-corrected chi connectivity index (χ0v) is 21.2. The largest absolute Gasteiger partial charge is 0.405 e.